The summed E-state index contributed by atoms with van der Waals surface area (Å²) in [4.78, 5) is 17.4. The summed E-state index contributed by atoms with van der Waals surface area (Å²) in [6.07, 6.45) is 9.20. The highest BCUT2D eigenvalue weighted by molar-refractivity contribution is 6.30. The number of pyridine rings is 1. The van der Waals surface area contributed by atoms with Crippen molar-refractivity contribution in [3.05, 3.63) is 88.2 Å². The number of benzene rings is 2. The molecule has 6 rings (SSSR count). The summed E-state index contributed by atoms with van der Waals surface area (Å²) < 4.78 is 6.55. The minimum atomic E-state index is -0.999. The highest BCUT2D eigenvalue weighted by Gasteiger charge is 2.54. The van der Waals surface area contributed by atoms with Crippen LogP contribution in [0.25, 0.3) is 0 Å². The number of nitrogens with zero attached hydrogens (tertiary/aromatic N) is 1. The first-order chi connectivity index (χ1) is 20.2. The van der Waals surface area contributed by atoms with Gasteiger partial charge in [-0.3, -0.25) is 4.98 Å². The van der Waals surface area contributed by atoms with Gasteiger partial charge in [-0.2, -0.15) is 0 Å². The predicted octanol–water partition coefficient (Wildman–Crippen LogP) is 8.76. The molecule has 1 heterocycles. The maximum absolute atomic E-state index is 12.7. The summed E-state index contributed by atoms with van der Waals surface area (Å²) in [6.45, 7) is 7.55. The zero-order chi connectivity index (χ0) is 29.5. The van der Waals surface area contributed by atoms with Gasteiger partial charge in [0.1, 0.15) is 11.3 Å². The van der Waals surface area contributed by atoms with Gasteiger partial charge in [-0.1, -0.05) is 62.7 Å². The van der Waals surface area contributed by atoms with Crippen molar-refractivity contribution in [3.63, 3.8) is 0 Å². The Balaban J connectivity index is 1.19. The second-order valence-corrected chi connectivity index (χ2v) is 13.8. The topological polar surface area (TPSA) is 71.5 Å². The van der Waals surface area contributed by atoms with E-state index in [1.807, 2.05) is 36.5 Å². The van der Waals surface area contributed by atoms with Crippen LogP contribution < -0.4 is 10.1 Å². The molecule has 5 nitrogen and oxygen atoms in total. The van der Waals surface area contributed by atoms with Gasteiger partial charge in [-0.25, -0.2) is 4.79 Å². The van der Waals surface area contributed by atoms with Crippen molar-refractivity contribution >= 4 is 23.3 Å². The van der Waals surface area contributed by atoms with Crippen LogP contribution in [0, 0.1) is 11.8 Å². The molecule has 0 aliphatic heterocycles. The highest BCUT2D eigenvalue weighted by atomic mass is 35.5. The van der Waals surface area contributed by atoms with E-state index in [4.69, 9.17) is 21.3 Å². The SMILES string of the molecule is C[C@@H](COc1ccnc2c1[C@H](C)CC[C@H]2C)C[C@H]1Cc2ccccc2C12CCC(Nc1cccc(Cl)c1)(C(=O)O)CC2. The average Bonchev–Trinajstić information content (AvgIpc) is 3.27. The van der Waals surface area contributed by atoms with Gasteiger partial charge in [0.05, 0.1) is 12.3 Å². The van der Waals surface area contributed by atoms with Crippen molar-refractivity contribution < 1.29 is 14.6 Å². The van der Waals surface area contributed by atoms with Crippen LogP contribution in [0.15, 0.2) is 60.8 Å². The molecule has 1 spiro atoms. The number of nitrogens with one attached hydrogen (secondary N) is 1. The summed E-state index contributed by atoms with van der Waals surface area (Å²) in [5.74, 6) is 2.00. The lowest BCUT2D eigenvalue weighted by Gasteiger charge is -2.47. The smallest absolute Gasteiger partial charge is 0.329 e. The Morgan fingerprint density at radius 2 is 1.83 bits per heavy atom. The van der Waals surface area contributed by atoms with Crippen molar-refractivity contribution in [2.24, 2.45) is 11.8 Å². The molecule has 1 saturated carbocycles. The van der Waals surface area contributed by atoms with E-state index < -0.39 is 11.5 Å². The first-order valence-electron chi connectivity index (χ1n) is 15.7. The van der Waals surface area contributed by atoms with Gasteiger partial charge in [-0.15, -0.1) is 0 Å². The molecular formula is C36H43ClN2O3. The van der Waals surface area contributed by atoms with Gasteiger partial charge in [0, 0.05) is 22.5 Å². The Kier molecular flexibility index (Phi) is 7.99. The van der Waals surface area contributed by atoms with E-state index in [0.29, 0.717) is 48.1 Å². The van der Waals surface area contributed by atoms with E-state index in [-0.39, 0.29) is 5.41 Å². The van der Waals surface area contributed by atoms with Gasteiger partial charge >= 0.3 is 5.97 Å². The summed E-state index contributed by atoms with van der Waals surface area (Å²) in [7, 11) is 0. The lowest BCUT2D eigenvalue weighted by atomic mass is 9.59. The van der Waals surface area contributed by atoms with Crippen LogP contribution in [0.1, 0.15) is 99.9 Å². The number of rotatable bonds is 8. The molecule has 0 saturated heterocycles. The third-order valence-corrected chi connectivity index (χ3v) is 10.8. The molecule has 6 heteroatoms. The summed E-state index contributed by atoms with van der Waals surface area (Å²) >= 11 is 6.22. The molecule has 42 heavy (non-hydrogen) atoms. The fourth-order valence-corrected chi connectivity index (χ4v) is 8.45. The highest BCUT2D eigenvalue weighted by Crippen LogP contribution is 2.56. The van der Waals surface area contributed by atoms with E-state index in [2.05, 4.69) is 50.4 Å². The number of aromatic nitrogens is 1. The van der Waals surface area contributed by atoms with Gasteiger partial charge < -0.3 is 15.2 Å². The second-order valence-electron chi connectivity index (χ2n) is 13.4. The molecule has 3 aromatic rings. The molecule has 0 bridgehead atoms. The Morgan fingerprint density at radius 3 is 2.60 bits per heavy atom. The van der Waals surface area contributed by atoms with Crippen LogP contribution in [-0.4, -0.2) is 28.2 Å². The van der Waals surface area contributed by atoms with Gasteiger partial charge in [0.2, 0.25) is 0 Å². The standard InChI is InChI=1S/C36H43ClN2O3/c1-23(22-42-31-13-18-38-33-25(3)12-11-24(2)32(31)33)19-27-20-26-7-4-5-10-30(26)35(27)14-16-36(17-15-35,34(40)41)39-29-9-6-8-28(37)21-29/h4-10,13,18,21,23-25,27,39H,11-12,14-17,19-20,22H2,1-3H3,(H,40,41)/t23-,24-,25-,27+,35?,36?/m1/s1. The monoisotopic (exact) mass is 586 g/mol. The Morgan fingerprint density at radius 1 is 1.07 bits per heavy atom. The number of ether oxygens (including phenoxy) is 1. The van der Waals surface area contributed by atoms with Crippen LogP contribution in [0.2, 0.25) is 5.02 Å². The molecular weight excluding hydrogens is 544 g/mol. The van der Waals surface area contributed by atoms with Crippen molar-refractivity contribution in [2.75, 3.05) is 11.9 Å². The molecule has 1 aromatic heterocycles. The third kappa shape index (κ3) is 5.30. The van der Waals surface area contributed by atoms with Crippen molar-refractivity contribution in [3.8, 4) is 5.75 Å². The number of carboxylic acids is 1. The minimum absolute atomic E-state index is 0.0143. The fraction of sp³-hybridized carbons (Fsp3) is 0.500. The fourth-order valence-electron chi connectivity index (χ4n) is 8.26. The molecule has 2 aromatic carbocycles. The number of aliphatic carboxylic acids is 1. The molecule has 1 fully saturated rings. The Hall–Kier alpha value is -3.05. The number of carbonyl (C=O) groups is 1. The molecule has 0 unspecified atom stereocenters. The van der Waals surface area contributed by atoms with Crippen LogP contribution in [0.5, 0.6) is 5.75 Å². The van der Waals surface area contributed by atoms with E-state index in [1.165, 1.54) is 35.2 Å². The number of hydrogen-bond acceptors (Lipinski definition) is 4. The molecule has 0 amide bonds. The average molecular weight is 587 g/mol. The first kappa shape index (κ1) is 29.0. The second kappa shape index (κ2) is 11.6. The quantitative estimate of drug-likeness (QED) is 0.276. The van der Waals surface area contributed by atoms with E-state index in [0.717, 1.165) is 37.1 Å². The number of fused-ring (bicyclic) bond motifs is 3. The summed E-state index contributed by atoms with van der Waals surface area (Å²) in [5, 5.41) is 14.4. The third-order valence-electron chi connectivity index (χ3n) is 10.6. The van der Waals surface area contributed by atoms with Gasteiger partial charge in [0.25, 0.3) is 0 Å². The molecule has 0 radical (unpaired) electrons. The van der Waals surface area contributed by atoms with Crippen LogP contribution in [-0.2, 0) is 16.6 Å². The zero-order valence-electron chi connectivity index (χ0n) is 25.0. The number of carboxylic acid groups (broad SMARTS) is 1. The molecule has 3 aliphatic carbocycles. The summed E-state index contributed by atoms with van der Waals surface area (Å²) in [6, 6.07) is 18.3. The van der Waals surface area contributed by atoms with Crippen LogP contribution in [0.4, 0.5) is 5.69 Å². The van der Waals surface area contributed by atoms with Crippen molar-refractivity contribution in [1.29, 1.82) is 0 Å². The normalized spacial score (nSPS) is 29.0. The Bertz CT molecular complexity index is 1450. The lowest BCUT2D eigenvalue weighted by molar-refractivity contribution is -0.144. The van der Waals surface area contributed by atoms with Gasteiger partial charge in [-0.05, 0) is 116 Å². The summed E-state index contributed by atoms with van der Waals surface area (Å²) in [5.41, 5.74) is 5.11. The predicted molar refractivity (Wildman–Crippen MR) is 169 cm³/mol. The largest absolute Gasteiger partial charge is 0.493 e. The van der Waals surface area contributed by atoms with Crippen LogP contribution in [0.3, 0.4) is 0 Å². The van der Waals surface area contributed by atoms with Crippen molar-refractivity contribution in [1.82, 2.24) is 4.98 Å². The van der Waals surface area contributed by atoms with Crippen LogP contribution >= 0.6 is 11.6 Å². The lowest BCUT2D eigenvalue weighted by Crippen LogP contribution is -2.53. The molecule has 2 N–H and O–H groups in total. The van der Waals surface area contributed by atoms with E-state index in [9.17, 15) is 9.90 Å². The van der Waals surface area contributed by atoms with Gasteiger partial charge in [0.15, 0.2) is 0 Å². The maximum Gasteiger partial charge on any atom is 0.329 e. The van der Waals surface area contributed by atoms with Crippen molar-refractivity contribution in [2.45, 2.75) is 94.9 Å². The number of halogens is 1. The van der Waals surface area contributed by atoms with E-state index in [1.54, 1.807) is 0 Å². The maximum atomic E-state index is 12.7. The molecule has 222 valence electrons. The Labute approximate surface area is 255 Å². The molecule has 3 aliphatic rings. The number of hydrogen-bond donors (Lipinski definition) is 2. The van der Waals surface area contributed by atoms with E-state index >= 15 is 0 Å². The number of anilines is 1. The zero-order valence-corrected chi connectivity index (χ0v) is 25.8. The first-order valence-corrected chi connectivity index (χ1v) is 16.1. The molecule has 4 atom stereocenters. The minimum Gasteiger partial charge on any atom is -0.493 e.